The Balaban J connectivity index is 1.08. The summed E-state index contributed by atoms with van der Waals surface area (Å²) in [5.74, 6) is 0.709. The van der Waals surface area contributed by atoms with Gasteiger partial charge in [-0.3, -0.25) is 28.8 Å². The highest BCUT2D eigenvalue weighted by Crippen LogP contribution is 2.34. The largest absolute Gasteiger partial charge is 0.479 e. The molecule has 2 aliphatic heterocycles. The van der Waals surface area contributed by atoms with Crippen LogP contribution in [-0.4, -0.2) is 147 Å². The molecule has 0 spiro atoms. The molecule has 1 fully saturated rings. The molecular formula is C66H82N6O16. The van der Waals surface area contributed by atoms with Crippen molar-refractivity contribution in [3.05, 3.63) is 136 Å². The van der Waals surface area contributed by atoms with Gasteiger partial charge in [-0.25, -0.2) is 9.59 Å². The molecule has 22 heteroatoms. The number of carboxylic acids is 2. The number of esters is 1. The number of ether oxygens (including phenoxy) is 3. The summed E-state index contributed by atoms with van der Waals surface area (Å²) in [7, 11) is 3.21. The van der Waals surface area contributed by atoms with E-state index in [4.69, 9.17) is 14.2 Å². The summed E-state index contributed by atoms with van der Waals surface area (Å²) in [6.45, 7) is 14.3. The molecular weight excluding hydrogens is 1130 g/mol. The molecule has 5 amide bonds. The molecule has 88 heavy (non-hydrogen) atoms. The number of hydrogen-bond donors (Lipinski definition) is 9. The molecule has 4 aromatic carbocycles. The van der Waals surface area contributed by atoms with Crippen LogP contribution in [0.4, 0.5) is 11.4 Å². The second-order valence-electron chi connectivity index (χ2n) is 24.1. The summed E-state index contributed by atoms with van der Waals surface area (Å²) in [6.07, 6.45) is -7.61. The van der Waals surface area contributed by atoms with E-state index in [1.54, 1.807) is 37.2 Å². The van der Waals surface area contributed by atoms with Gasteiger partial charge in [-0.1, -0.05) is 127 Å². The molecule has 472 valence electrons. The number of amides is 5. The SMILES string of the molecule is CNC(C(=O)N[C@H](C(=O)N(C)[C@H](/C=C(\C)C(=O)O)C(C)C)C(C)(C)C)C(C)(C)c1cccc(CC(=O)OCc2ccc(OC3OC(C(=O)O)C(O)C(O)C3O)c(NC(=O)CCNC(=O)CCCCC(=O)N3Cc4ccccc4C#Cc4ccccc43)c2)c1. The Bertz CT molecular complexity index is 3310. The number of aliphatic carboxylic acids is 2. The Morgan fingerprint density at radius 3 is 2.12 bits per heavy atom. The number of rotatable bonds is 26. The van der Waals surface area contributed by atoms with Crippen LogP contribution >= 0.6 is 0 Å². The zero-order chi connectivity index (χ0) is 64.8. The van der Waals surface area contributed by atoms with Crippen molar-refractivity contribution in [1.29, 1.82) is 0 Å². The lowest BCUT2D eigenvalue weighted by Gasteiger charge is -2.40. The standard InChI is InChI=1S/C66H82N6O16/c1-38(2)48(32-39(3)62(82)83)71(10)61(81)59(65(4,5)6)70-60(80)58(67-9)66(7,8)45-22-17-18-40(33-45)35-53(76)86-37-41-26-29-49(87-64-56(79)54(77)55(78)57(88-64)63(84)85)46(34-41)69-51(74)30-31-68-50(73)24-15-16-25-52(75)72-36-44-21-12-11-19-42(44)27-28-43-20-13-14-23-47(43)72/h11-14,17-23,26,29,32-34,38,48,54-59,64,67,77-79H,15-16,24-25,30-31,35-37H2,1-10H3,(H,68,73)(H,69,74)(H,70,80)(H,82,83)(H,84,85)/b39-32+/t48-,54?,55?,56?,57?,58?,59-,64?/m1/s1. The number of fused-ring (bicyclic) bond motifs is 2. The molecule has 4 aromatic rings. The fourth-order valence-electron chi connectivity index (χ4n) is 10.4. The molecule has 8 atom stereocenters. The lowest BCUT2D eigenvalue weighted by atomic mass is 9.76. The summed E-state index contributed by atoms with van der Waals surface area (Å²) in [5, 5.41) is 62.2. The van der Waals surface area contributed by atoms with Gasteiger partial charge in [0, 0.05) is 55.0 Å². The molecule has 2 aliphatic rings. The van der Waals surface area contributed by atoms with E-state index in [9.17, 15) is 63.9 Å². The second-order valence-corrected chi connectivity index (χ2v) is 24.1. The Morgan fingerprint density at radius 1 is 0.784 bits per heavy atom. The van der Waals surface area contributed by atoms with Crippen molar-refractivity contribution in [3.63, 3.8) is 0 Å². The minimum Gasteiger partial charge on any atom is -0.479 e. The van der Waals surface area contributed by atoms with E-state index in [-0.39, 0.29) is 73.6 Å². The van der Waals surface area contributed by atoms with Gasteiger partial charge in [0.15, 0.2) is 6.10 Å². The summed E-state index contributed by atoms with van der Waals surface area (Å²) in [6, 6.07) is 23.9. The van der Waals surface area contributed by atoms with E-state index in [1.165, 1.54) is 36.1 Å². The molecule has 1 saturated heterocycles. The van der Waals surface area contributed by atoms with Crippen molar-refractivity contribution < 1.29 is 78.1 Å². The first-order valence-electron chi connectivity index (χ1n) is 29.2. The first kappa shape index (κ1) is 68.7. The minimum absolute atomic E-state index is 0.0537. The molecule has 2 heterocycles. The third-order valence-corrected chi connectivity index (χ3v) is 15.6. The first-order chi connectivity index (χ1) is 41.5. The van der Waals surface area contributed by atoms with Crippen molar-refractivity contribution in [1.82, 2.24) is 20.9 Å². The van der Waals surface area contributed by atoms with E-state index in [2.05, 4.69) is 33.1 Å². The average Bonchev–Trinajstić information content (AvgIpc) is 2.61. The molecule has 22 nitrogen and oxygen atoms in total. The number of aliphatic hydroxyl groups is 3. The van der Waals surface area contributed by atoms with Crippen LogP contribution in [-0.2, 0) is 72.8 Å². The zero-order valence-electron chi connectivity index (χ0n) is 51.4. The number of carboxylic acid groups (broad SMARTS) is 2. The Hall–Kier alpha value is -8.46. The quantitative estimate of drug-likeness (QED) is 0.0171. The normalized spacial score (nSPS) is 18.5. The predicted molar refractivity (Wildman–Crippen MR) is 326 cm³/mol. The zero-order valence-corrected chi connectivity index (χ0v) is 51.4. The predicted octanol–water partition coefficient (Wildman–Crippen LogP) is 5.11. The summed E-state index contributed by atoms with van der Waals surface area (Å²) in [5.41, 5.74) is 3.09. The summed E-state index contributed by atoms with van der Waals surface area (Å²) in [4.78, 5) is 109. The van der Waals surface area contributed by atoms with Crippen molar-refractivity contribution in [2.45, 2.75) is 161 Å². The Morgan fingerprint density at radius 2 is 1.45 bits per heavy atom. The monoisotopic (exact) mass is 1210 g/mol. The van der Waals surface area contributed by atoms with Crippen molar-refractivity contribution in [2.75, 3.05) is 30.9 Å². The van der Waals surface area contributed by atoms with Crippen LogP contribution in [0, 0.1) is 23.2 Å². The molecule has 0 radical (unpaired) electrons. The van der Waals surface area contributed by atoms with Crippen LogP contribution in [0.5, 0.6) is 5.75 Å². The average molecular weight is 1220 g/mol. The molecule has 0 bridgehead atoms. The van der Waals surface area contributed by atoms with Crippen molar-refractivity contribution >= 4 is 58.8 Å². The van der Waals surface area contributed by atoms with Crippen LogP contribution in [0.15, 0.2) is 103 Å². The van der Waals surface area contributed by atoms with E-state index >= 15 is 0 Å². The molecule has 0 saturated carbocycles. The maximum atomic E-state index is 14.3. The van der Waals surface area contributed by atoms with Crippen molar-refractivity contribution in [3.8, 4) is 17.6 Å². The number of hydrogen-bond acceptors (Lipinski definition) is 15. The van der Waals surface area contributed by atoms with Gasteiger partial charge in [0.25, 0.3) is 0 Å². The number of carbonyl (C=O) groups is 8. The van der Waals surface area contributed by atoms with E-state index in [0.29, 0.717) is 41.8 Å². The highest BCUT2D eigenvalue weighted by molar-refractivity contribution is 5.96. The molecule has 6 rings (SSSR count). The number of likely N-dealkylation sites (N-methyl/N-ethyl adjacent to an activating group) is 2. The lowest BCUT2D eigenvalue weighted by Crippen LogP contribution is -2.61. The van der Waals surface area contributed by atoms with Gasteiger partial charge in [-0.15, -0.1) is 0 Å². The van der Waals surface area contributed by atoms with Crippen LogP contribution in [0.3, 0.4) is 0 Å². The topological polar surface area (TPSA) is 320 Å². The number of aliphatic hydroxyl groups excluding tert-OH is 3. The van der Waals surface area contributed by atoms with E-state index in [1.807, 2.05) is 103 Å². The number of anilines is 2. The van der Waals surface area contributed by atoms with Gasteiger partial charge in [0.05, 0.1) is 36.4 Å². The number of nitrogens with zero attached hydrogens (tertiary/aromatic N) is 2. The highest BCUT2D eigenvalue weighted by atomic mass is 16.7. The fraction of sp³-hybridized carbons (Fsp3) is 0.455. The molecule has 9 N–H and O–H groups in total. The van der Waals surface area contributed by atoms with Gasteiger partial charge >= 0.3 is 17.9 Å². The Kier molecular flexibility index (Phi) is 23.8. The van der Waals surface area contributed by atoms with Gasteiger partial charge in [0.1, 0.15) is 36.7 Å². The number of benzene rings is 4. The van der Waals surface area contributed by atoms with Crippen LogP contribution in [0.25, 0.3) is 0 Å². The van der Waals surface area contributed by atoms with E-state index < -0.39 is 95.3 Å². The number of nitrogens with one attached hydrogen (secondary N) is 4. The summed E-state index contributed by atoms with van der Waals surface area (Å²) < 4.78 is 16.8. The maximum absolute atomic E-state index is 14.3. The van der Waals surface area contributed by atoms with Crippen LogP contribution < -0.4 is 30.9 Å². The molecule has 0 aliphatic carbocycles. The number of carbonyl (C=O) groups excluding carboxylic acids is 6. The number of para-hydroxylation sites is 1. The Labute approximate surface area is 513 Å². The lowest BCUT2D eigenvalue weighted by molar-refractivity contribution is -0.271. The third-order valence-electron chi connectivity index (χ3n) is 15.6. The maximum Gasteiger partial charge on any atom is 0.335 e. The van der Waals surface area contributed by atoms with Gasteiger partial charge in [0.2, 0.25) is 35.8 Å². The van der Waals surface area contributed by atoms with Gasteiger partial charge in [-0.05, 0) is 90.7 Å². The highest BCUT2D eigenvalue weighted by Gasteiger charge is 2.48. The second kappa shape index (κ2) is 30.4. The molecule has 0 aromatic heterocycles. The van der Waals surface area contributed by atoms with Crippen LogP contribution in [0.1, 0.15) is 121 Å². The summed E-state index contributed by atoms with van der Waals surface area (Å²) >= 11 is 0. The van der Waals surface area contributed by atoms with Crippen LogP contribution in [0.2, 0.25) is 0 Å². The smallest absolute Gasteiger partial charge is 0.335 e. The first-order valence-corrected chi connectivity index (χ1v) is 29.2. The van der Waals surface area contributed by atoms with Gasteiger partial charge in [-0.2, -0.15) is 0 Å². The van der Waals surface area contributed by atoms with Gasteiger partial charge < -0.3 is 70.8 Å². The minimum atomic E-state index is -2.00. The fourth-order valence-corrected chi connectivity index (χ4v) is 10.4. The number of unbranched alkanes of at least 4 members (excludes halogenated alkanes) is 1. The third kappa shape index (κ3) is 17.8. The van der Waals surface area contributed by atoms with E-state index in [0.717, 1.165) is 16.7 Å². The molecule has 6 unspecified atom stereocenters. The van der Waals surface area contributed by atoms with Crippen molar-refractivity contribution in [2.24, 2.45) is 11.3 Å².